The Bertz CT molecular complexity index is 978. The molecule has 0 aliphatic heterocycles. The average molecular weight is 353 g/mol. The SMILES string of the molecule is CS(=O)(=O)c1ccc(-c2cnc3[nH]c(C(=O)O)cc3c2)cc1.Cl. The van der Waals surface area contributed by atoms with Gasteiger partial charge in [-0.25, -0.2) is 18.2 Å². The van der Waals surface area contributed by atoms with E-state index < -0.39 is 15.8 Å². The Balaban J connectivity index is 0.00000192. The molecule has 0 aliphatic rings. The van der Waals surface area contributed by atoms with Crippen LogP contribution in [0.3, 0.4) is 0 Å². The van der Waals surface area contributed by atoms with Gasteiger partial charge >= 0.3 is 5.97 Å². The van der Waals surface area contributed by atoms with Crippen LogP contribution in [-0.4, -0.2) is 35.7 Å². The molecule has 2 aromatic heterocycles. The van der Waals surface area contributed by atoms with Crippen molar-refractivity contribution in [2.24, 2.45) is 0 Å². The Kier molecular flexibility index (Phi) is 4.44. The molecule has 8 heteroatoms. The van der Waals surface area contributed by atoms with Gasteiger partial charge in [-0.3, -0.25) is 0 Å². The first-order valence-electron chi connectivity index (χ1n) is 6.37. The molecule has 1 aromatic carbocycles. The summed E-state index contributed by atoms with van der Waals surface area (Å²) in [5.41, 5.74) is 2.16. The van der Waals surface area contributed by atoms with Gasteiger partial charge in [0.2, 0.25) is 0 Å². The van der Waals surface area contributed by atoms with Crippen LogP contribution in [0.1, 0.15) is 10.5 Å². The minimum Gasteiger partial charge on any atom is -0.477 e. The van der Waals surface area contributed by atoms with E-state index in [2.05, 4.69) is 9.97 Å². The van der Waals surface area contributed by atoms with Crippen molar-refractivity contribution < 1.29 is 18.3 Å². The number of fused-ring (bicyclic) bond motifs is 1. The number of sulfone groups is 1. The number of halogens is 1. The van der Waals surface area contributed by atoms with E-state index in [1.165, 1.54) is 18.2 Å². The van der Waals surface area contributed by atoms with Crippen LogP contribution in [0, 0.1) is 0 Å². The number of hydrogen-bond donors (Lipinski definition) is 2. The number of benzene rings is 1. The molecule has 0 bridgehead atoms. The molecular weight excluding hydrogens is 340 g/mol. The molecule has 3 rings (SSSR count). The Hall–Kier alpha value is -2.38. The van der Waals surface area contributed by atoms with E-state index in [0.29, 0.717) is 11.0 Å². The first kappa shape index (κ1) is 17.0. The molecule has 120 valence electrons. The molecular formula is C15H13ClN2O4S. The standard InChI is InChI=1S/C15H12N2O4S.ClH/c1-22(20,21)12-4-2-9(3-5-12)11-6-10-7-13(15(18)19)17-14(10)16-8-11;/h2-8H,1H3,(H,16,17)(H,18,19);1H. The highest BCUT2D eigenvalue weighted by Gasteiger charge is 2.10. The number of carboxylic acids is 1. The van der Waals surface area contributed by atoms with Crippen LogP contribution in [0.25, 0.3) is 22.2 Å². The van der Waals surface area contributed by atoms with E-state index >= 15 is 0 Å². The largest absolute Gasteiger partial charge is 0.477 e. The number of pyridine rings is 1. The lowest BCUT2D eigenvalue weighted by Crippen LogP contribution is -1.96. The van der Waals surface area contributed by atoms with E-state index in [-0.39, 0.29) is 23.0 Å². The van der Waals surface area contributed by atoms with Crippen LogP contribution < -0.4 is 0 Å². The summed E-state index contributed by atoms with van der Waals surface area (Å²) >= 11 is 0. The molecule has 0 amide bonds. The Morgan fingerprint density at radius 2 is 1.78 bits per heavy atom. The van der Waals surface area contributed by atoms with Crippen molar-refractivity contribution in [3.63, 3.8) is 0 Å². The van der Waals surface area contributed by atoms with Gasteiger partial charge in [-0.1, -0.05) is 12.1 Å². The van der Waals surface area contributed by atoms with Crippen LogP contribution in [-0.2, 0) is 9.84 Å². The lowest BCUT2D eigenvalue weighted by molar-refractivity contribution is 0.0691. The molecule has 0 saturated heterocycles. The van der Waals surface area contributed by atoms with Gasteiger partial charge in [0, 0.05) is 23.4 Å². The molecule has 0 unspecified atom stereocenters. The molecule has 3 aromatic rings. The molecule has 23 heavy (non-hydrogen) atoms. The number of nitrogens with one attached hydrogen (secondary N) is 1. The summed E-state index contributed by atoms with van der Waals surface area (Å²) in [4.78, 5) is 18.1. The number of aromatic amines is 1. The highest BCUT2D eigenvalue weighted by molar-refractivity contribution is 7.90. The smallest absolute Gasteiger partial charge is 0.352 e. The summed E-state index contributed by atoms with van der Waals surface area (Å²) in [5, 5.41) is 9.65. The molecule has 0 fully saturated rings. The van der Waals surface area contributed by atoms with Gasteiger partial charge in [-0.2, -0.15) is 0 Å². The van der Waals surface area contributed by atoms with Crippen LogP contribution in [0.2, 0.25) is 0 Å². The molecule has 0 aliphatic carbocycles. The first-order chi connectivity index (χ1) is 10.3. The minimum atomic E-state index is -3.23. The van der Waals surface area contributed by atoms with Crippen molar-refractivity contribution in [3.05, 3.63) is 48.3 Å². The number of carbonyl (C=O) groups is 1. The van der Waals surface area contributed by atoms with E-state index in [0.717, 1.165) is 17.4 Å². The summed E-state index contributed by atoms with van der Waals surface area (Å²) < 4.78 is 22.9. The summed E-state index contributed by atoms with van der Waals surface area (Å²) in [5.74, 6) is -1.04. The topological polar surface area (TPSA) is 100 Å². The van der Waals surface area contributed by atoms with Gasteiger partial charge in [0.15, 0.2) is 9.84 Å². The van der Waals surface area contributed by atoms with Crippen LogP contribution in [0.15, 0.2) is 47.5 Å². The zero-order valence-corrected chi connectivity index (χ0v) is 13.6. The van der Waals surface area contributed by atoms with Gasteiger partial charge in [0.25, 0.3) is 0 Å². The number of hydrogen-bond acceptors (Lipinski definition) is 4. The fourth-order valence-corrected chi connectivity index (χ4v) is 2.81. The van der Waals surface area contributed by atoms with Crippen molar-refractivity contribution in [1.29, 1.82) is 0 Å². The second-order valence-corrected chi connectivity index (χ2v) is 6.96. The Labute approximate surface area is 138 Å². The number of aromatic carboxylic acids is 1. The first-order valence-corrected chi connectivity index (χ1v) is 8.26. The van der Waals surface area contributed by atoms with Crippen LogP contribution in [0.4, 0.5) is 0 Å². The summed E-state index contributed by atoms with van der Waals surface area (Å²) in [7, 11) is -3.23. The molecule has 0 saturated carbocycles. The second-order valence-electron chi connectivity index (χ2n) is 4.95. The molecule has 0 atom stereocenters. The molecule has 2 heterocycles. The van der Waals surface area contributed by atoms with Crippen LogP contribution in [0.5, 0.6) is 0 Å². The number of rotatable bonds is 3. The quantitative estimate of drug-likeness (QED) is 0.754. The number of aromatic nitrogens is 2. The average Bonchev–Trinajstić information content (AvgIpc) is 2.89. The maximum Gasteiger partial charge on any atom is 0.352 e. The fourth-order valence-electron chi connectivity index (χ4n) is 2.18. The zero-order valence-electron chi connectivity index (χ0n) is 12.0. The molecule has 0 radical (unpaired) electrons. The predicted octanol–water partition coefficient (Wildman–Crippen LogP) is 2.75. The van der Waals surface area contributed by atoms with Crippen molar-refractivity contribution >= 4 is 39.2 Å². The normalized spacial score (nSPS) is 11.2. The number of nitrogens with zero attached hydrogens (tertiary/aromatic N) is 1. The third-order valence-corrected chi connectivity index (χ3v) is 4.44. The van der Waals surface area contributed by atoms with Gasteiger partial charge in [-0.05, 0) is 29.8 Å². The highest BCUT2D eigenvalue weighted by atomic mass is 35.5. The monoisotopic (exact) mass is 352 g/mol. The highest BCUT2D eigenvalue weighted by Crippen LogP contribution is 2.24. The summed E-state index contributed by atoms with van der Waals surface area (Å²) in [6.45, 7) is 0. The zero-order chi connectivity index (χ0) is 15.9. The van der Waals surface area contributed by atoms with Crippen molar-refractivity contribution in [3.8, 4) is 11.1 Å². The van der Waals surface area contributed by atoms with E-state index in [9.17, 15) is 13.2 Å². The van der Waals surface area contributed by atoms with Gasteiger partial charge in [0.05, 0.1) is 4.90 Å². The Morgan fingerprint density at radius 1 is 1.13 bits per heavy atom. The predicted molar refractivity (Wildman–Crippen MR) is 88.8 cm³/mol. The lowest BCUT2D eigenvalue weighted by atomic mass is 10.1. The third kappa shape index (κ3) is 3.35. The Morgan fingerprint density at radius 3 is 2.35 bits per heavy atom. The second kappa shape index (κ2) is 6.02. The van der Waals surface area contributed by atoms with Gasteiger partial charge in [-0.15, -0.1) is 12.4 Å². The third-order valence-electron chi connectivity index (χ3n) is 3.32. The minimum absolute atomic E-state index is 0. The van der Waals surface area contributed by atoms with E-state index in [4.69, 9.17) is 5.11 Å². The maximum atomic E-state index is 11.5. The van der Waals surface area contributed by atoms with Crippen LogP contribution >= 0.6 is 12.4 Å². The summed E-state index contributed by atoms with van der Waals surface area (Å²) in [6, 6.07) is 9.79. The molecule has 6 nitrogen and oxygen atoms in total. The number of H-pyrrole nitrogens is 1. The van der Waals surface area contributed by atoms with Crippen molar-refractivity contribution in [2.45, 2.75) is 4.90 Å². The van der Waals surface area contributed by atoms with Crippen molar-refractivity contribution in [1.82, 2.24) is 9.97 Å². The number of carboxylic acid groups (broad SMARTS) is 1. The van der Waals surface area contributed by atoms with Gasteiger partial charge in [0.1, 0.15) is 11.3 Å². The van der Waals surface area contributed by atoms with E-state index in [1.54, 1.807) is 24.4 Å². The maximum absolute atomic E-state index is 11.5. The van der Waals surface area contributed by atoms with Crippen molar-refractivity contribution in [2.75, 3.05) is 6.26 Å². The van der Waals surface area contributed by atoms with E-state index in [1.807, 2.05) is 0 Å². The molecule has 2 N–H and O–H groups in total. The summed E-state index contributed by atoms with van der Waals surface area (Å²) in [6.07, 6.45) is 2.77. The van der Waals surface area contributed by atoms with Gasteiger partial charge < -0.3 is 10.1 Å². The fraction of sp³-hybridized carbons (Fsp3) is 0.0667. The molecule has 0 spiro atoms. The lowest BCUT2D eigenvalue weighted by Gasteiger charge is -2.03.